The topological polar surface area (TPSA) is 40.9 Å². The van der Waals surface area contributed by atoms with Crippen LogP contribution in [0.4, 0.5) is 0 Å². The molecule has 0 heterocycles. The molecule has 88 valence electrons. The van der Waals surface area contributed by atoms with Crippen molar-refractivity contribution in [1.29, 1.82) is 5.41 Å². The van der Waals surface area contributed by atoms with E-state index in [4.69, 9.17) is 10.2 Å². The van der Waals surface area contributed by atoms with E-state index in [1.165, 1.54) is 17.5 Å². The number of carbonyl (C=O) groups excluding carboxylic acids is 1. The molecule has 0 amide bonds. The zero-order valence-corrected chi connectivity index (χ0v) is 10.6. The van der Waals surface area contributed by atoms with Gasteiger partial charge in [0.2, 0.25) is 6.08 Å². The molecule has 0 bridgehead atoms. The maximum Gasteiger partial charge on any atom is 0.231 e. The first-order valence-corrected chi connectivity index (χ1v) is 5.64. The van der Waals surface area contributed by atoms with Crippen molar-refractivity contribution < 1.29 is 4.79 Å². The van der Waals surface area contributed by atoms with Gasteiger partial charge in [0, 0.05) is 0 Å². The molecular formula is C14H21NO. The van der Waals surface area contributed by atoms with Crippen LogP contribution in [0.15, 0.2) is 24.3 Å². The maximum absolute atomic E-state index is 8.35. The highest BCUT2D eigenvalue weighted by atomic mass is 16.1. The van der Waals surface area contributed by atoms with Crippen LogP contribution < -0.4 is 0 Å². The summed E-state index contributed by atoms with van der Waals surface area (Å²) >= 11 is 0. The first kappa shape index (κ1) is 14.6. The van der Waals surface area contributed by atoms with Gasteiger partial charge in [0.1, 0.15) is 0 Å². The predicted molar refractivity (Wildman–Crippen MR) is 67.5 cm³/mol. The molecule has 2 heteroatoms. The van der Waals surface area contributed by atoms with Gasteiger partial charge in [-0.05, 0) is 29.4 Å². The molecule has 0 saturated carbocycles. The molecule has 0 aliphatic carbocycles. The largest absolute Gasteiger partial charge is 0.231 e. The lowest BCUT2D eigenvalue weighted by Crippen LogP contribution is -1.94. The first-order chi connectivity index (χ1) is 7.51. The second-order valence-electron chi connectivity index (χ2n) is 4.60. The average Bonchev–Trinajstić information content (AvgIpc) is 2.18. The minimum atomic E-state index is 0.646. The number of nitrogens with one attached hydrogen (secondary N) is 1. The number of rotatable bonds is 3. The highest BCUT2D eigenvalue weighted by molar-refractivity contribution is 5.26. The zero-order valence-electron chi connectivity index (χ0n) is 10.6. The van der Waals surface area contributed by atoms with Crippen LogP contribution in [-0.4, -0.2) is 6.08 Å². The summed E-state index contributed by atoms with van der Waals surface area (Å²) in [6.45, 7) is 8.99. The van der Waals surface area contributed by atoms with Crippen molar-refractivity contribution in [2.75, 3.05) is 0 Å². The second kappa shape index (κ2) is 7.84. The van der Waals surface area contributed by atoms with Crippen LogP contribution >= 0.6 is 0 Å². The molecule has 1 N–H and O–H groups in total. The SMILES string of the molecule is CC(C)Cc1ccc(C(C)C)cc1.N=C=O. The molecule has 16 heavy (non-hydrogen) atoms. The van der Waals surface area contributed by atoms with E-state index in [-0.39, 0.29) is 0 Å². The number of benzene rings is 1. The summed E-state index contributed by atoms with van der Waals surface area (Å²) in [4.78, 5) is 8.35. The van der Waals surface area contributed by atoms with Gasteiger partial charge in [-0.1, -0.05) is 52.0 Å². The molecule has 0 saturated heterocycles. The normalized spacial score (nSPS) is 9.62. The molecule has 1 rings (SSSR count). The molecule has 1 aromatic carbocycles. The van der Waals surface area contributed by atoms with Crippen molar-refractivity contribution >= 4 is 6.08 Å². The lowest BCUT2D eigenvalue weighted by molar-refractivity contribution is 0.563. The molecule has 0 aliphatic rings. The van der Waals surface area contributed by atoms with E-state index in [2.05, 4.69) is 52.0 Å². The molecule has 0 fully saturated rings. The summed E-state index contributed by atoms with van der Waals surface area (Å²) in [5.74, 6) is 1.40. The van der Waals surface area contributed by atoms with E-state index < -0.39 is 0 Å². The van der Waals surface area contributed by atoms with Gasteiger partial charge >= 0.3 is 0 Å². The van der Waals surface area contributed by atoms with E-state index in [1.54, 1.807) is 0 Å². The smallest absolute Gasteiger partial charge is 0.222 e. The predicted octanol–water partition coefficient (Wildman–Crippen LogP) is 3.91. The second-order valence-corrected chi connectivity index (χ2v) is 4.60. The Morgan fingerprint density at radius 1 is 1.12 bits per heavy atom. The summed E-state index contributed by atoms with van der Waals surface area (Å²) in [6, 6.07) is 9.02. The minimum absolute atomic E-state index is 0.646. The van der Waals surface area contributed by atoms with Gasteiger partial charge in [-0.15, -0.1) is 0 Å². The average molecular weight is 219 g/mol. The molecule has 0 spiro atoms. The van der Waals surface area contributed by atoms with Crippen molar-refractivity contribution in [3.8, 4) is 0 Å². The van der Waals surface area contributed by atoms with Crippen LogP contribution in [0, 0.1) is 11.3 Å². The van der Waals surface area contributed by atoms with E-state index in [9.17, 15) is 0 Å². The van der Waals surface area contributed by atoms with E-state index >= 15 is 0 Å². The van der Waals surface area contributed by atoms with E-state index in [1.807, 2.05) is 0 Å². The Bertz CT molecular complexity index is 319. The first-order valence-electron chi connectivity index (χ1n) is 5.64. The Kier molecular flexibility index (Phi) is 7.15. The van der Waals surface area contributed by atoms with E-state index in [0.29, 0.717) is 5.92 Å². The quantitative estimate of drug-likeness (QED) is 0.607. The number of hydrogen-bond acceptors (Lipinski definition) is 2. The molecule has 2 nitrogen and oxygen atoms in total. The molecule has 0 unspecified atom stereocenters. The fourth-order valence-corrected chi connectivity index (χ4v) is 1.51. The van der Waals surface area contributed by atoms with Crippen molar-refractivity contribution in [2.45, 2.75) is 40.0 Å². The molecule has 0 radical (unpaired) electrons. The van der Waals surface area contributed by atoms with Gasteiger partial charge in [0.25, 0.3) is 0 Å². The van der Waals surface area contributed by atoms with Crippen molar-refractivity contribution in [3.63, 3.8) is 0 Å². The Labute approximate surface area is 98.2 Å². The van der Waals surface area contributed by atoms with Crippen LogP contribution in [0.1, 0.15) is 44.7 Å². The highest BCUT2D eigenvalue weighted by Crippen LogP contribution is 2.16. The fourth-order valence-electron chi connectivity index (χ4n) is 1.51. The van der Waals surface area contributed by atoms with Crippen LogP contribution in [0.2, 0.25) is 0 Å². The van der Waals surface area contributed by atoms with Crippen LogP contribution in [-0.2, 0) is 11.2 Å². The number of hydrogen-bond donors (Lipinski definition) is 1. The van der Waals surface area contributed by atoms with Crippen molar-refractivity contribution in [3.05, 3.63) is 35.4 Å². The maximum atomic E-state index is 8.35. The Hall–Kier alpha value is -1.40. The van der Waals surface area contributed by atoms with Gasteiger partial charge in [-0.2, -0.15) is 0 Å². The van der Waals surface area contributed by atoms with Gasteiger partial charge < -0.3 is 0 Å². The third kappa shape index (κ3) is 6.15. The molecule has 0 aliphatic heterocycles. The van der Waals surface area contributed by atoms with Crippen LogP contribution in [0.25, 0.3) is 0 Å². The number of isocyanates is 1. The molecular weight excluding hydrogens is 198 g/mol. The Morgan fingerprint density at radius 3 is 1.88 bits per heavy atom. The van der Waals surface area contributed by atoms with Crippen LogP contribution in [0.5, 0.6) is 0 Å². The summed E-state index contributed by atoms with van der Waals surface area (Å²) in [5.41, 5.74) is 2.90. The van der Waals surface area contributed by atoms with Gasteiger partial charge in [-0.25, -0.2) is 10.2 Å². The van der Waals surface area contributed by atoms with Crippen molar-refractivity contribution in [2.24, 2.45) is 5.92 Å². The van der Waals surface area contributed by atoms with E-state index in [0.717, 1.165) is 12.0 Å². The summed E-state index contributed by atoms with van der Waals surface area (Å²) in [7, 11) is 0. The van der Waals surface area contributed by atoms with Crippen molar-refractivity contribution in [1.82, 2.24) is 0 Å². The lowest BCUT2D eigenvalue weighted by Gasteiger charge is -2.08. The summed E-state index contributed by atoms with van der Waals surface area (Å²) < 4.78 is 0. The standard InChI is InChI=1S/C13H20.CHNO/c1-10(2)9-12-5-7-13(8-6-12)11(3)4;2-1-3/h5-8,10-11H,9H2,1-4H3;2H. The fraction of sp³-hybridized carbons (Fsp3) is 0.500. The monoisotopic (exact) mass is 219 g/mol. The summed E-state index contributed by atoms with van der Waals surface area (Å²) in [6.07, 6.45) is 1.94. The summed E-state index contributed by atoms with van der Waals surface area (Å²) in [5, 5.41) is 5.40. The lowest BCUT2D eigenvalue weighted by atomic mass is 9.98. The highest BCUT2D eigenvalue weighted by Gasteiger charge is 2.00. The Balaban J connectivity index is 0.000000673. The van der Waals surface area contributed by atoms with Gasteiger partial charge in [0.05, 0.1) is 0 Å². The zero-order chi connectivity index (χ0) is 12.6. The Morgan fingerprint density at radius 2 is 1.56 bits per heavy atom. The third-order valence-corrected chi connectivity index (χ3v) is 2.29. The van der Waals surface area contributed by atoms with Crippen LogP contribution in [0.3, 0.4) is 0 Å². The molecule has 0 atom stereocenters. The molecule has 1 aromatic rings. The molecule has 0 aromatic heterocycles. The van der Waals surface area contributed by atoms with Gasteiger partial charge in [-0.3, -0.25) is 0 Å². The minimum Gasteiger partial charge on any atom is -0.222 e. The third-order valence-electron chi connectivity index (χ3n) is 2.29. The van der Waals surface area contributed by atoms with Gasteiger partial charge in [0.15, 0.2) is 0 Å².